The Kier molecular flexibility index (Phi) is 5.33. The van der Waals surface area contributed by atoms with Crippen molar-refractivity contribution in [3.63, 3.8) is 0 Å². The molecule has 2 saturated heterocycles. The summed E-state index contributed by atoms with van der Waals surface area (Å²) in [5.41, 5.74) is 0.250. The molecule has 2 atom stereocenters. The van der Waals surface area contributed by atoms with Crippen molar-refractivity contribution in [1.29, 1.82) is 0 Å². The van der Waals surface area contributed by atoms with Crippen LogP contribution in [0.1, 0.15) is 16.9 Å². The fourth-order valence-corrected chi connectivity index (χ4v) is 3.56. The van der Waals surface area contributed by atoms with E-state index < -0.39 is 0 Å². The Balaban J connectivity index is 1.39. The smallest absolute Gasteiger partial charge is 0.273 e. The zero-order valence-corrected chi connectivity index (χ0v) is 14.6. The molecule has 2 unspecified atom stereocenters. The highest BCUT2D eigenvalue weighted by Crippen LogP contribution is 2.23. The lowest BCUT2D eigenvalue weighted by atomic mass is 9.97. The molecule has 8 nitrogen and oxygen atoms in total. The first-order chi connectivity index (χ1) is 12.8. The van der Waals surface area contributed by atoms with Crippen molar-refractivity contribution in [3.8, 4) is 11.5 Å². The van der Waals surface area contributed by atoms with E-state index in [-0.39, 0.29) is 17.6 Å². The summed E-state index contributed by atoms with van der Waals surface area (Å²) in [5.74, 6) is 1.16. The van der Waals surface area contributed by atoms with Gasteiger partial charge in [0.2, 0.25) is 5.76 Å². The second-order valence-corrected chi connectivity index (χ2v) is 6.60. The number of hydrogen-bond acceptors (Lipinski definition) is 7. The molecular weight excluding hydrogens is 338 g/mol. The molecular formula is C18H23N3O5. The van der Waals surface area contributed by atoms with Gasteiger partial charge in [0.1, 0.15) is 0 Å². The topological polar surface area (TPSA) is 90.0 Å². The predicted octanol–water partition coefficient (Wildman–Crippen LogP) is 1.40. The molecule has 0 spiro atoms. The van der Waals surface area contributed by atoms with Crippen LogP contribution in [0.4, 0.5) is 0 Å². The van der Waals surface area contributed by atoms with Crippen LogP contribution in [0.5, 0.6) is 0 Å². The lowest BCUT2D eigenvalue weighted by Crippen LogP contribution is -2.52. The average molecular weight is 361 g/mol. The Labute approximate surface area is 151 Å². The quantitative estimate of drug-likeness (QED) is 0.832. The van der Waals surface area contributed by atoms with E-state index in [2.05, 4.69) is 15.4 Å². The summed E-state index contributed by atoms with van der Waals surface area (Å²) >= 11 is 0. The summed E-state index contributed by atoms with van der Waals surface area (Å²) in [6.45, 7) is 5.30. The van der Waals surface area contributed by atoms with Gasteiger partial charge in [0.05, 0.1) is 26.1 Å². The molecule has 1 N–H and O–H groups in total. The molecule has 2 aliphatic rings. The Morgan fingerprint density at radius 3 is 2.88 bits per heavy atom. The van der Waals surface area contributed by atoms with E-state index in [0.29, 0.717) is 24.0 Å². The minimum Gasteiger partial charge on any atom is -0.461 e. The number of hydrogen-bond donors (Lipinski definition) is 1. The zero-order chi connectivity index (χ0) is 17.8. The fraction of sp³-hybridized carbons (Fsp3) is 0.556. The van der Waals surface area contributed by atoms with Gasteiger partial charge < -0.3 is 23.7 Å². The molecule has 2 aromatic rings. The summed E-state index contributed by atoms with van der Waals surface area (Å²) in [6, 6.07) is 5.35. The number of nitrogens with one attached hydrogen (secondary N) is 1. The summed E-state index contributed by atoms with van der Waals surface area (Å²) in [6.07, 6.45) is 2.57. The summed E-state index contributed by atoms with van der Waals surface area (Å²) in [5, 5.41) is 6.86. The lowest BCUT2D eigenvalue weighted by molar-refractivity contribution is 0.00164. The largest absolute Gasteiger partial charge is 0.461 e. The standard InChI is InChI=1S/C18H23N3O5/c22-18(14-10-17(26-20-14)16-2-1-6-25-16)19-11-15(13-3-7-24-12-13)21-4-8-23-9-5-21/h1-2,6,10,13,15H,3-5,7-9,11-12H2,(H,19,22). The Morgan fingerprint density at radius 2 is 2.15 bits per heavy atom. The van der Waals surface area contributed by atoms with Gasteiger partial charge in [-0.15, -0.1) is 0 Å². The molecule has 4 heterocycles. The summed E-state index contributed by atoms with van der Waals surface area (Å²) in [7, 11) is 0. The number of ether oxygens (including phenoxy) is 2. The van der Waals surface area contributed by atoms with Gasteiger partial charge >= 0.3 is 0 Å². The van der Waals surface area contributed by atoms with Crippen LogP contribution in [0.3, 0.4) is 0 Å². The number of amides is 1. The van der Waals surface area contributed by atoms with Crippen molar-refractivity contribution in [2.75, 3.05) is 46.1 Å². The van der Waals surface area contributed by atoms with Gasteiger partial charge in [-0.2, -0.15) is 0 Å². The minimum absolute atomic E-state index is 0.238. The van der Waals surface area contributed by atoms with Crippen LogP contribution in [0.2, 0.25) is 0 Å². The van der Waals surface area contributed by atoms with Crippen molar-refractivity contribution in [2.45, 2.75) is 12.5 Å². The second-order valence-electron chi connectivity index (χ2n) is 6.60. The molecule has 0 aliphatic carbocycles. The molecule has 4 rings (SSSR count). The van der Waals surface area contributed by atoms with Crippen molar-refractivity contribution in [3.05, 3.63) is 30.2 Å². The van der Waals surface area contributed by atoms with Crippen LogP contribution in [0, 0.1) is 5.92 Å². The Hall–Kier alpha value is -2.16. The highest BCUT2D eigenvalue weighted by molar-refractivity contribution is 5.92. The van der Waals surface area contributed by atoms with Gasteiger partial charge in [-0.25, -0.2) is 0 Å². The molecule has 0 aromatic carbocycles. The highest BCUT2D eigenvalue weighted by Gasteiger charge is 2.32. The first kappa shape index (κ1) is 17.3. The van der Waals surface area contributed by atoms with Crippen LogP contribution < -0.4 is 5.32 Å². The third-order valence-electron chi connectivity index (χ3n) is 5.00. The maximum atomic E-state index is 12.5. The molecule has 2 aromatic heterocycles. The first-order valence-corrected chi connectivity index (χ1v) is 8.99. The van der Waals surface area contributed by atoms with E-state index in [1.165, 1.54) is 0 Å². The SMILES string of the molecule is O=C(NCC(C1CCOC1)N1CCOCC1)c1cc(-c2ccco2)on1. The average Bonchev–Trinajstić information content (AvgIpc) is 3.43. The van der Waals surface area contributed by atoms with Crippen molar-refractivity contribution < 1.29 is 23.2 Å². The Bertz CT molecular complexity index is 702. The van der Waals surface area contributed by atoms with E-state index in [0.717, 1.165) is 45.9 Å². The third-order valence-corrected chi connectivity index (χ3v) is 5.00. The van der Waals surface area contributed by atoms with Crippen molar-refractivity contribution in [2.24, 2.45) is 5.92 Å². The highest BCUT2D eigenvalue weighted by atomic mass is 16.5. The van der Waals surface area contributed by atoms with Crippen LogP contribution >= 0.6 is 0 Å². The van der Waals surface area contributed by atoms with Crippen LogP contribution in [0.15, 0.2) is 33.4 Å². The predicted molar refractivity (Wildman–Crippen MR) is 91.6 cm³/mol. The fourth-order valence-electron chi connectivity index (χ4n) is 3.56. The van der Waals surface area contributed by atoms with Gasteiger partial charge in [0.25, 0.3) is 5.91 Å². The van der Waals surface area contributed by atoms with E-state index >= 15 is 0 Å². The second kappa shape index (κ2) is 8.03. The molecule has 2 fully saturated rings. The van der Waals surface area contributed by atoms with Gasteiger partial charge in [-0.1, -0.05) is 5.16 Å². The monoisotopic (exact) mass is 361 g/mol. The number of rotatable bonds is 6. The molecule has 140 valence electrons. The van der Waals surface area contributed by atoms with E-state index in [4.69, 9.17) is 18.4 Å². The van der Waals surface area contributed by atoms with Gasteiger partial charge in [-0.05, 0) is 18.6 Å². The number of morpholine rings is 1. The van der Waals surface area contributed by atoms with Crippen LogP contribution in [0.25, 0.3) is 11.5 Å². The maximum absolute atomic E-state index is 12.5. The van der Waals surface area contributed by atoms with Gasteiger partial charge in [-0.3, -0.25) is 9.69 Å². The molecule has 0 saturated carbocycles. The van der Waals surface area contributed by atoms with Gasteiger partial charge in [0, 0.05) is 44.3 Å². The van der Waals surface area contributed by atoms with E-state index in [1.807, 2.05) is 0 Å². The molecule has 1 amide bonds. The maximum Gasteiger partial charge on any atom is 0.273 e. The van der Waals surface area contributed by atoms with E-state index in [9.17, 15) is 4.79 Å². The molecule has 2 aliphatic heterocycles. The van der Waals surface area contributed by atoms with Crippen LogP contribution in [-0.2, 0) is 9.47 Å². The number of furan rings is 1. The zero-order valence-electron chi connectivity index (χ0n) is 14.6. The minimum atomic E-state index is -0.247. The number of aromatic nitrogens is 1. The normalized spacial score (nSPS) is 22.4. The van der Waals surface area contributed by atoms with Gasteiger partial charge in [0.15, 0.2) is 11.5 Å². The van der Waals surface area contributed by atoms with Crippen molar-refractivity contribution in [1.82, 2.24) is 15.4 Å². The van der Waals surface area contributed by atoms with Crippen LogP contribution in [-0.4, -0.2) is 68.1 Å². The summed E-state index contributed by atoms with van der Waals surface area (Å²) in [4.78, 5) is 14.9. The van der Waals surface area contributed by atoms with Crippen molar-refractivity contribution >= 4 is 5.91 Å². The lowest BCUT2D eigenvalue weighted by Gasteiger charge is -2.37. The number of nitrogens with zero attached hydrogens (tertiary/aromatic N) is 2. The molecule has 26 heavy (non-hydrogen) atoms. The number of carbonyl (C=O) groups excluding carboxylic acids is 1. The molecule has 0 radical (unpaired) electrons. The first-order valence-electron chi connectivity index (χ1n) is 8.99. The third kappa shape index (κ3) is 3.82. The summed E-state index contributed by atoms with van der Waals surface area (Å²) < 4.78 is 21.5. The molecule has 8 heteroatoms. The Morgan fingerprint density at radius 1 is 1.27 bits per heavy atom. The molecule has 0 bridgehead atoms. The van der Waals surface area contributed by atoms with E-state index in [1.54, 1.807) is 24.5 Å². The number of carbonyl (C=O) groups is 1.